The zero-order chi connectivity index (χ0) is 10.8. The van der Waals surface area contributed by atoms with E-state index in [1.165, 1.54) is 17.6 Å². The lowest BCUT2D eigenvalue weighted by molar-refractivity contribution is -0.172. The second-order valence-electron chi connectivity index (χ2n) is 3.90. The smallest absolute Gasteiger partial charge is 0.243 e. The maximum atomic E-state index is 11.2. The van der Waals surface area contributed by atoms with Gasteiger partial charge in [-0.3, -0.25) is 9.63 Å². The van der Waals surface area contributed by atoms with Crippen LogP contribution in [0.5, 0.6) is 0 Å². The number of carbonyl (C=O) groups is 1. The summed E-state index contributed by atoms with van der Waals surface area (Å²) in [5.41, 5.74) is 1.23. The third-order valence-corrected chi connectivity index (χ3v) is 2.88. The molecule has 0 aromatic heterocycles. The molecule has 0 saturated carbocycles. The zero-order valence-corrected chi connectivity index (χ0v) is 9.01. The molecule has 0 N–H and O–H groups in total. The minimum atomic E-state index is -0.0269. The molecule has 2 atom stereocenters. The fraction of sp³-hybridized carbons (Fsp3) is 0.417. The van der Waals surface area contributed by atoms with Gasteiger partial charge in [0, 0.05) is 12.8 Å². The lowest BCUT2D eigenvalue weighted by atomic mass is 9.94. The van der Waals surface area contributed by atoms with Gasteiger partial charge < -0.3 is 0 Å². The summed E-state index contributed by atoms with van der Waals surface area (Å²) in [7, 11) is 0. The van der Waals surface area contributed by atoms with Gasteiger partial charge in [0.2, 0.25) is 5.91 Å². The van der Waals surface area contributed by atoms with Gasteiger partial charge in [0.1, 0.15) is 0 Å². The van der Waals surface area contributed by atoms with Crippen molar-refractivity contribution >= 4 is 5.91 Å². The lowest BCUT2D eigenvalue weighted by Gasteiger charge is -2.20. The summed E-state index contributed by atoms with van der Waals surface area (Å²) >= 11 is 0. The van der Waals surface area contributed by atoms with Gasteiger partial charge in [-0.2, -0.15) is 0 Å². The average Bonchev–Trinajstić information content (AvgIpc) is 2.61. The summed E-state index contributed by atoms with van der Waals surface area (Å²) in [5.74, 6) is 0.260. The molecular formula is C12H15NO2. The largest absolute Gasteiger partial charge is 0.273 e. The van der Waals surface area contributed by atoms with Gasteiger partial charge in [0.25, 0.3) is 0 Å². The summed E-state index contributed by atoms with van der Waals surface area (Å²) in [6.45, 7) is 4.14. The summed E-state index contributed by atoms with van der Waals surface area (Å²) in [6, 6.07) is 10.3. The highest BCUT2D eigenvalue weighted by Gasteiger charge is 2.34. The Morgan fingerprint density at radius 1 is 1.40 bits per heavy atom. The standard InChI is InChI=1S/C12H15NO2/c1-9-12(8-15-13(9)10(2)14)11-6-4-3-5-7-11/h3-7,9,12H,8H2,1-2H3/t9-,12+/m0/s1. The number of benzene rings is 1. The van der Waals surface area contributed by atoms with Crippen LogP contribution in [0, 0.1) is 0 Å². The molecule has 3 nitrogen and oxygen atoms in total. The van der Waals surface area contributed by atoms with E-state index < -0.39 is 0 Å². The highest BCUT2D eigenvalue weighted by Crippen LogP contribution is 2.30. The van der Waals surface area contributed by atoms with Crippen molar-refractivity contribution in [3.8, 4) is 0 Å². The first kappa shape index (κ1) is 10.2. The first-order valence-electron chi connectivity index (χ1n) is 5.18. The van der Waals surface area contributed by atoms with Crippen LogP contribution in [0.3, 0.4) is 0 Å². The van der Waals surface area contributed by atoms with Crippen molar-refractivity contribution in [2.75, 3.05) is 6.61 Å². The molecular weight excluding hydrogens is 190 g/mol. The SMILES string of the molecule is CC(=O)N1OC[C@@H](c2ccccc2)[C@@H]1C. The van der Waals surface area contributed by atoms with Crippen LogP contribution in [0.1, 0.15) is 25.3 Å². The Morgan fingerprint density at radius 3 is 2.60 bits per heavy atom. The maximum absolute atomic E-state index is 11.2. The van der Waals surface area contributed by atoms with E-state index in [4.69, 9.17) is 4.84 Å². The van der Waals surface area contributed by atoms with Crippen LogP contribution in [0.15, 0.2) is 30.3 Å². The van der Waals surface area contributed by atoms with E-state index in [9.17, 15) is 4.79 Å². The van der Waals surface area contributed by atoms with Crippen molar-refractivity contribution in [1.29, 1.82) is 0 Å². The van der Waals surface area contributed by atoms with Crippen molar-refractivity contribution in [2.45, 2.75) is 25.8 Å². The molecule has 0 bridgehead atoms. The van der Waals surface area contributed by atoms with E-state index in [-0.39, 0.29) is 17.9 Å². The van der Waals surface area contributed by atoms with Crippen LogP contribution in [0.4, 0.5) is 0 Å². The Balaban J connectivity index is 2.17. The van der Waals surface area contributed by atoms with Gasteiger partial charge in [-0.05, 0) is 12.5 Å². The number of amides is 1. The molecule has 1 amide bonds. The van der Waals surface area contributed by atoms with E-state index in [0.717, 1.165) is 0 Å². The number of hydrogen-bond donors (Lipinski definition) is 0. The molecule has 1 saturated heterocycles. The number of nitrogens with zero attached hydrogens (tertiary/aromatic N) is 1. The Labute approximate surface area is 89.6 Å². The second-order valence-corrected chi connectivity index (χ2v) is 3.90. The average molecular weight is 205 g/mol. The molecule has 80 valence electrons. The van der Waals surface area contributed by atoms with Crippen LogP contribution in [-0.4, -0.2) is 23.6 Å². The first-order valence-corrected chi connectivity index (χ1v) is 5.18. The first-order chi connectivity index (χ1) is 7.20. The van der Waals surface area contributed by atoms with Gasteiger partial charge in [-0.15, -0.1) is 0 Å². The van der Waals surface area contributed by atoms with Gasteiger partial charge in [0.15, 0.2) is 0 Å². The summed E-state index contributed by atoms with van der Waals surface area (Å²) < 4.78 is 0. The van der Waals surface area contributed by atoms with Crippen LogP contribution in [0.2, 0.25) is 0 Å². The molecule has 0 radical (unpaired) electrons. The summed E-state index contributed by atoms with van der Waals surface area (Å²) in [4.78, 5) is 16.6. The second kappa shape index (κ2) is 4.03. The lowest BCUT2D eigenvalue weighted by Crippen LogP contribution is -2.32. The molecule has 1 aromatic rings. The third kappa shape index (κ3) is 1.88. The molecule has 1 heterocycles. The maximum Gasteiger partial charge on any atom is 0.243 e. The van der Waals surface area contributed by atoms with E-state index in [1.807, 2.05) is 25.1 Å². The minimum absolute atomic E-state index is 0.0269. The van der Waals surface area contributed by atoms with Gasteiger partial charge in [0.05, 0.1) is 12.6 Å². The molecule has 2 rings (SSSR count). The molecule has 0 aliphatic carbocycles. The van der Waals surface area contributed by atoms with Gasteiger partial charge in [-0.1, -0.05) is 30.3 Å². The highest BCUT2D eigenvalue weighted by atomic mass is 16.7. The van der Waals surface area contributed by atoms with Crippen LogP contribution in [0.25, 0.3) is 0 Å². The van der Waals surface area contributed by atoms with Crippen molar-refractivity contribution in [3.63, 3.8) is 0 Å². The predicted molar refractivity (Wildman–Crippen MR) is 57.1 cm³/mol. The van der Waals surface area contributed by atoms with Crippen LogP contribution >= 0.6 is 0 Å². The molecule has 1 aliphatic heterocycles. The van der Waals surface area contributed by atoms with Crippen LogP contribution < -0.4 is 0 Å². The Hall–Kier alpha value is -1.35. The molecule has 0 spiro atoms. The molecule has 1 aliphatic rings. The van der Waals surface area contributed by atoms with Crippen molar-refractivity contribution in [3.05, 3.63) is 35.9 Å². The summed E-state index contributed by atoms with van der Waals surface area (Å²) in [5, 5.41) is 1.47. The normalized spacial score (nSPS) is 25.6. The number of carbonyl (C=O) groups excluding carboxylic acids is 1. The van der Waals surface area contributed by atoms with E-state index in [0.29, 0.717) is 6.61 Å². The molecule has 15 heavy (non-hydrogen) atoms. The van der Waals surface area contributed by atoms with E-state index in [2.05, 4.69) is 12.1 Å². The van der Waals surface area contributed by atoms with E-state index >= 15 is 0 Å². The minimum Gasteiger partial charge on any atom is -0.273 e. The molecule has 0 unspecified atom stereocenters. The third-order valence-electron chi connectivity index (χ3n) is 2.88. The van der Waals surface area contributed by atoms with Crippen molar-refractivity contribution in [1.82, 2.24) is 5.06 Å². The number of hydroxylamine groups is 2. The van der Waals surface area contributed by atoms with Crippen LogP contribution in [-0.2, 0) is 9.63 Å². The quantitative estimate of drug-likeness (QED) is 0.701. The topological polar surface area (TPSA) is 29.5 Å². The van der Waals surface area contributed by atoms with E-state index in [1.54, 1.807) is 0 Å². The highest BCUT2D eigenvalue weighted by molar-refractivity contribution is 5.72. The fourth-order valence-corrected chi connectivity index (χ4v) is 2.03. The Kier molecular flexibility index (Phi) is 2.73. The van der Waals surface area contributed by atoms with Crippen molar-refractivity contribution < 1.29 is 9.63 Å². The molecule has 1 aromatic carbocycles. The molecule has 3 heteroatoms. The van der Waals surface area contributed by atoms with Gasteiger partial charge >= 0.3 is 0 Å². The number of hydrogen-bond acceptors (Lipinski definition) is 2. The molecule has 1 fully saturated rings. The van der Waals surface area contributed by atoms with Gasteiger partial charge in [-0.25, -0.2) is 5.06 Å². The predicted octanol–water partition coefficient (Wildman–Crippen LogP) is 1.95. The Bertz CT molecular complexity index is 350. The van der Waals surface area contributed by atoms with Crippen molar-refractivity contribution in [2.24, 2.45) is 0 Å². The fourth-order valence-electron chi connectivity index (χ4n) is 2.03. The number of rotatable bonds is 1. The monoisotopic (exact) mass is 205 g/mol. The zero-order valence-electron chi connectivity index (χ0n) is 9.01. The Morgan fingerprint density at radius 2 is 2.07 bits per heavy atom. The summed E-state index contributed by atoms with van der Waals surface area (Å²) in [6.07, 6.45) is 0.